The molecule has 0 saturated carbocycles. The molecule has 0 aliphatic carbocycles. The number of nitrogens with zero attached hydrogens (tertiary/aromatic N) is 2. The molecule has 0 aromatic heterocycles. The first-order valence-electron chi connectivity index (χ1n) is 15.1. The van der Waals surface area contributed by atoms with E-state index in [9.17, 15) is 19.2 Å². The van der Waals surface area contributed by atoms with Gasteiger partial charge in [-0.15, -0.1) is 0 Å². The highest BCUT2D eigenvalue weighted by Gasteiger charge is 2.34. The fourth-order valence-electron chi connectivity index (χ4n) is 5.81. The van der Waals surface area contributed by atoms with Crippen molar-refractivity contribution >= 4 is 24.3 Å². The van der Waals surface area contributed by atoms with E-state index in [0.717, 1.165) is 30.6 Å². The van der Waals surface area contributed by atoms with Crippen LogP contribution in [0.3, 0.4) is 0 Å². The summed E-state index contributed by atoms with van der Waals surface area (Å²) in [4.78, 5) is 52.3. The van der Waals surface area contributed by atoms with E-state index in [1.807, 2.05) is 67.6 Å². The maximum Gasteiger partial charge on any atom is 0.315 e. The van der Waals surface area contributed by atoms with Crippen LogP contribution in [0.5, 0.6) is 5.75 Å². The highest BCUT2D eigenvalue weighted by Crippen LogP contribution is 2.30. The summed E-state index contributed by atoms with van der Waals surface area (Å²) in [5.41, 5.74) is 3.71. The lowest BCUT2D eigenvalue weighted by atomic mass is 10.0. The Morgan fingerprint density at radius 2 is 1.75 bits per heavy atom. The Kier molecular flexibility index (Phi) is 10.2. The number of fused-ring (bicyclic) bond motifs is 1. The highest BCUT2D eigenvalue weighted by molar-refractivity contribution is 5.98. The molecule has 3 N–H and O–H groups in total. The molecule has 5 amide bonds. The Labute approximate surface area is 257 Å². The molecule has 3 aromatic rings. The molecule has 3 aromatic carbocycles. The summed E-state index contributed by atoms with van der Waals surface area (Å²) in [6, 6.07) is 24.9. The largest absolute Gasteiger partial charge is 0.487 e. The van der Waals surface area contributed by atoms with Crippen LogP contribution >= 0.6 is 0 Å². The fourth-order valence-corrected chi connectivity index (χ4v) is 5.81. The molecule has 0 bridgehead atoms. The summed E-state index contributed by atoms with van der Waals surface area (Å²) < 4.78 is 6.56. The molecular formula is C34H39N5O5. The van der Waals surface area contributed by atoms with Gasteiger partial charge in [-0.25, -0.2) is 4.79 Å². The van der Waals surface area contributed by atoms with Gasteiger partial charge in [-0.1, -0.05) is 60.7 Å². The Morgan fingerprint density at radius 3 is 2.48 bits per heavy atom. The van der Waals surface area contributed by atoms with E-state index in [2.05, 4.69) is 33.0 Å². The number of carbonyl (C=O) groups is 4. The van der Waals surface area contributed by atoms with E-state index in [1.54, 1.807) is 11.0 Å². The van der Waals surface area contributed by atoms with Crippen LogP contribution in [0.15, 0.2) is 78.9 Å². The predicted octanol–water partition coefficient (Wildman–Crippen LogP) is 3.61. The second-order valence-corrected chi connectivity index (χ2v) is 11.4. The average Bonchev–Trinajstić information content (AvgIpc) is 3.36. The van der Waals surface area contributed by atoms with Gasteiger partial charge < -0.3 is 20.3 Å². The maximum atomic E-state index is 13.1. The van der Waals surface area contributed by atoms with E-state index in [4.69, 9.17) is 4.74 Å². The molecule has 44 heavy (non-hydrogen) atoms. The molecular weight excluding hydrogens is 558 g/mol. The Morgan fingerprint density at radius 1 is 1.02 bits per heavy atom. The number of ether oxygens (including phenoxy) is 1. The number of piperidine rings is 1. The minimum Gasteiger partial charge on any atom is -0.487 e. The standard InChI is InChI=1S/C34H39N5O5/c1-24(12-15-32(41)36-23-40)39-21-27-18-28(13-14-29(27)33(39)42)44-31-22-38(20-26-10-6-3-7-11-26)17-16-30(31)37-34(43)35-19-25-8-4-2-5-9-25/h2-11,13-14,18,23-24,30-31H,12,15-17,19-22H2,1H3,(H2,35,37,43)(H,36,40,41). The van der Waals surface area contributed by atoms with Gasteiger partial charge in [0.15, 0.2) is 0 Å². The molecule has 3 atom stereocenters. The number of urea groups is 1. The minimum absolute atomic E-state index is 0.0869. The lowest BCUT2D eigenvalue weighted by Gasteiger charge is -2.39. The summed E-state index contributed by atoms with van der Waals surface area (Å²) in [6.45, 7) is 4.97. The number of nitrogens with one attached hydrogen (secondary N) is 3. The van der Waals surface area contributed by atoms with Crippen LogP contribution in [-0.2, 0) is 29.2 Å². The number of imide groups is 1. The molecule has 10 nitrogen and oxygen atoms in total. The number of rotatable bonds is 12. The monoisotopic (exact) mass is 597 g/mol. The lowest BCUT2D eigenvalue weighted by Crippen LogP contribution is -2.57. The van der Waals surface area contributed by atoms with Gasteiger partial charge in [0.2, 0.25) is 12.3 Å². The fraction of sp³-hybridized carbons (Fsp3) is 0.353. The van der Waals surface area contributed by atoms with Crippen molar-refractivity contribution in [3.63, 3.8) is 0 Å². The zero-order chi connectivity index (χ0) is 30.9. The first-order chi connectivity index (χ1) is 21.4. The van der Waals surface area contributed by atoms with Gasteiger partial charge in [0.05, 0.1) is 6.04 Å². The van der Waals surface area contributed by atoms with Crippen molar-refractivity contribution in [1.29, 1.82) is 0 Å². The van der Waals surface area contributed by atoms with Crippen molar-refractivity contribution in [2.45, 2.75) is 64.0 Å². The summed E-state index contributed by atoms with van der Waals surface area (Å²) in [6.07, 6.45) is 1.39. The van der Waals surface area contributed by atoms with Gasteiger partial charge in [0, 0.05) is 50.7 Å². The summed E-state index contributed by atoms with van der Waals surface area (Å²) in [5, 5.41) is 8.23. The zero-order valence-electron chi connectivity index (χ0n) is 24.9. The van der Waals surface area contributed by atoms with Crippen LogP contribution in [-0.4, -0.2) is 65.3 Å². The van der Waals surface area contributed by atoms with Crippen LogP contribution in [0, 0.1) is 0 Å². The zero-order valence-corrected chi connectivity index (χ0v) is 24.9. The molecule has 10 heteroatoms. The Balaban J connectivity index is 1.25. The number of carbonyl (C=O) groups excluding carboxylic acids is 4. The van der Waals surface area contributed by atoms with Crippen LogP contribution in [0.4, 0.5) is 4.79 Å². The smallest absolute Gasteiger partial charge is 0.315 e. The number of hydrogen-bond acceptors (Lipinski definition) is 6. The van der Waals surface area contributed by atoms with Crippen LogP contribution in [0.25, 0.3) is 0 Å². The molecule has 2 aliphatic rings. The summed E-state index contributed by atoms with van der Waals surface area (Å²) in [5.74, 6) is 0.188. The first-order valence-corrected chi connectivity index (χ1v) is 15.1. The van der Waals surface area contributed by atoms with Crippen molar-refractivity contribution < 1.29 is 23.9 Å². The van der Waals surface area contributed by atoms with Crippen LogP contribution < -0.4 is 20.7 Å². The lowest BCUT2D eigenvalue weighted by molar-refractivity contribution is -0.125. The topological polar surface area (TPSA) is 120 Å². The van der Waals surface area contributed by atoms with E-state index in [0.29, 0.717) is 43.8 Å². The number of amides is 5. The molecule has 2 heterocycles. The second kappa shape index (κ2) is 14.7. The van der Waals surface area contributed by atoms with Gasteiger partial charge in [0.1, 0.15) is 11.9 Å². The third-order valence-corrected chi connectivity index (χ3v) is 8.24. The van der Waals surface area contributed by atoms with Crippen LogP contribution in [0.1, 0.15) is 53.2 Å². The van der Waals surface area contributed by atoms with Crippen molar-refractivity contribution in [2.75, 3.05) is 13.1 Å². The average molecular weight is 598 g/mol. The highest BCUT2D eigenvalue weighted by atomic mass is 16.5. The van der Waals surface area contributed by atoms with Crippen molar-refractivity contribution in [3.8, 4) is 5.75 Å². The van der Waals surface area contributed by atoms with Crippen LogP contribution in [0.2, 0.25) is 0 Å². The van der Waals surface area contributed by atoms with E-state index in [-0.39, 0.29) is 42.5 Å². The molecule has 1 fully saturated rings. The minimum atomic E-state index is -0.364. The molecule has 2 aliphatic heterocycles. The van der Waals surface area contributed by atoms with Gasteiger partial charge in [0.25, 0.3) is 5.91 Å². The predicted molar refractivity (Wildman–Crippen MR) is 166 cm³/mol. The molecule has 0 radical (unpaired) electrons. The summed E-state index contributed by atoms with van der Waals surface area (Å²) >= 11 is 0. The molecule has 1 saturated heterocycles. The Bertz CT molecular complexity index is 1450. The number of hydrogen-bond donors (Lipinski definition) is 3. The van der Waals surface area contributed by atoms with Gasteiger partial charge in [-0.05, 0) is 54.7 Å². The normalized spacial score (nSPS) is 18.7. The molecule has 3 unspecified atom stereocenters. The van der Waals surface area contributed by atoms with Crippen molar-refractivity contribution in [1.82, 2.24) is 25.8 Å². The SMILES string of the molecule is CC(CCC(=O)NC=O)N1Cc2cc(OC3CN(Cc4ccccc4)CCC3NC(=O)NCc3ccccc3)ccc2C1=O. The van der Waals surface area contributed by atoms with E-state index in [1.165, 1.54) is 5.56 Å². The van der Waals surface area contributed by atoms with E-state index >= 15 is 0 Å². The Hall–Kier alpha value is -4.70. The molecule has 0 spiro atoms. The second-order valence-electron chi connectivity index (χ2n) is 11.4. The number of benzene rings is 3. The quantitative estimate of drug-likeness (QED) is 0.275. The maximum absolute atomic E-state index is 13.1. The number of likely N-dealkylation sites (tertiary alicyclic amines) is 1. The van der Waals surface area contributed by atoms with Crippen molar-refractivity contribution in [2.24, 2.45) is 0 Å². The van der Waals surface area contributed by atoms with E-state index < -0.39 is 0 Å². The van der Waals surface area contributed by atoms with Gasteiger partial charge in [-0.3, -0.25) is 24.6 Å². The first kappa shape index (κ1) is 30.7. The third-order valence-electron chi connectivity index (χ3n) is 8.24. The summed E-state index contributed by atoms with van der Waals surface area (Å²) in [7, 11) is 0. The van der Waals surface area contributed by atoms with Gasteiger partial charge in [-0.2, -0.15) is 0 Å². The third kappa shape index (κ3) is 8.02. The van der Waals surface area contributed by atoms with Crippen molar-refractivity contribution in [3.05, 3.63) is 101 Å². The van der Waals surface area contributed by atoms with Gasteiger partial charge >= 0.3 is 6.03 Å². The molecule has 5 rings (SSSR count). The molecule has 230 valence electrons.